The summed E-state index contributed by atoms with van der Waals surface area (Å²) in [5.74, 6) is 0. The van der Waals surface area contributed by atoms with E-state index in [2.05, 4.69) is 0 Å². The maximum atomic E-state index is 0. The van der Waals surface area contributed by atoms with Crippen molar-refractivity contribution in [2.45, 2.75) is 0 Å². The maximum Gasteiger partial charge on any atom is 2.00 e. The molecule has 0 saturated carbocycles. The molecule has 0 unspecified atom stereocenters. The van der Waals surface area contributed by atoms with Gasteiger partial charge in [0.15, 0.2) is 0 Å². The van der Waals surface area contributed by atoms with Crippen LogP contribution in [0.15, 0.2) is 0 Å². The van der Waals surface area contributed by atoms with Gasteiger partial charge in [-0.25, -0.2) is 0 Å². The minimum Gasteiger partial charge on any atom is -1.00 e. The predicted molar refractivity (Wildman–Crippen MR) is 0 cm³/mol. The van der Waals surface area contributed by atoms with E-state index < -0.39 is 0 Å². The minimum atomic E-state index is 0. The zero-order chi connectivity index (χ0) is 0. The van der Waals surface area contributed by atoms with E-state index >= 15 is 0 Å². The third kappa shape index (κ3) is 20.3. The first-order valence-electron chi connectivity index (χ1n) is 0. The molecule has 0 spiro atoms. The molecule has 0 nitrogen and oxygen atoms in total. The van der Waals surface area contributed by atoms with Crippen LogP contribution in [0.25, 0.3) is 0 Å². The number of rotatable bonds is 0. The number of hydrogen-bond acceptors (Lipinski definition) is 0. The zero-order valence-electron chi connectivity index (χ0n) is 2.45. The Kier molecular flexibility index (Phi) is 283. The minimum absolute atomic E-state index is 0. The van der Waals surface area contributed by atoms with E-state index in [1.807, 2.05) is 0 Å². The van der Waals surface area contributed by atoms with Crippen molar-refractivity contribution in [3.63, 3.8) is 0 Å². The van der Waals surface area contributed by atoms with Crippen molar-refractivity contribution < 1.29 is 90.2 Å². The maximum absolute atomic E-state index is 0. The third-order valence-electron chi connectivity index (χ3n) is 0. The molecular formula is Br3LiPd. The fourth-order valence-corrected chi connectivity index (χ4v) is 0. The molecule has 5 heteroatoms. The molecule has 0 amide bonds. The summed E-state index contributed by atoms with van der Waals surface area (Å²) < 4.78 is 0. The van der Waals surface area contributed by atoms with Gasteiger partial charge >= 0.3 is 39.3 Å². The number of hydrogen-bond donors (Lipinski definition) is 0. The summed E-state index contributed by atoms with van der Waals surface area (Å²) >= 11 is 0. The summed E-state index contributed by atoms with van der Waals surface area (Å²) in [6.45, 7) is 0. The van der Waals surface area contributed by atoms with Crippen molar-refractivity contribution >= 4 is 0 Å². The molecule has 32 valence electrons. The molecule has 0 aromatic rings. The Bertz CT molecular complexity index is 6.85. The second-order valence-corrected chi connectivity index (χ2v) is 0. The summed E-state index contributed by atoms with van der Waals surface area (Å²) in [7, 11) is 0. The first-order chi connectivity index (χ1) is 0. The summed E-state index contributed by atoms with van der Waals surface area (Å²) in [6, 6.07) is 0. The van der Waals surface area contributed by atoms with Crippen molar-refractivity contribution in [3.05, 3.63) is 0 Å². The van der Waals surface area contributed by atoms with Crippen LogP contribution in [0.1, 0.15) is 0 Å². The van der Waals surface area contributed by atoms with Gasteiger partial charge in [0.2, 0.25) is 0 Å². The van der Waals surface area contributed by atoms with Crippen LogP contribution < -0.4 is 69.8 Å². The van der Waals surface area contributed by atoms with Crippen LogP contribution in [-0.2, 0) is 20.4 Å². The van der Waals surface area contributed by atoms with E-state index in [9.17, 15) is 0 Å². The van der Waals surface area contributed by atoms with Crippen molar-refractivity contribution in [3.8, 4) is 0 Å². The van der Waals surface area contributed by atoms with E-state index in [4.69, 9.17) is 0 Å². The van der Waals surface area contributed by atoms with Crippen LogP contribution in [0, 0.1) is 0 Å². The molecule has 5 heavy (non-hydrogen) atoms. The molecule has 0 aromatic carbocycles. The van der Waals surface area contributed by atoms with E-state index in [0.717, 1.165) is 0 Å². The normalized spacial score (nSPS) is 0. The standard InChI is InChI=1S/3BrH.Li.Pd/h3*1H;;/q;;;+1;+2/p-3. The Morgan fingerprint density at radius 3 is 0.600 bits per heavy atom. The van der Waals surface area contributed by atoms with E-state index in [-0.39, 0.29) is 90.2 Å². The summed E-state index contributed by atoms with van der Waals surface area (Å²) in [4.78, 5) is 0. The molecule has 0 heterocycles. The largest absolute Gasteiger partial charge is 2.00 e. The van der Waals surface area contributed by atoms with Crippen LogP contribution in [0.2, 0.25) is 0 Å². The van der Waals surface area contributed by atoms with E-state index in [0.29, 0.717) is 0 Å². The number of halogens is 3. The summed E-state index contributed by atoms with van der Waals surface area (Å²) in [5, 5.41) is 0. The van der Waals surface area contributed by atoms with Crippen LogP contribution in [0.3, 0.4) is 0 Å². The molecule has 0 fully saturated rings. The Balaban J connectivity index is 0. The molecule has 0 rings (SSSR count). The molecule has 0 aliphatic heterocycles. The van der Waals surface area contributed by atoms with Crippen molar-refractivity contribution in [1.82, 2.24) is 0 Å². The average Bonchev–Trinajstić information content (AvgIpc) is 0. The van der Waals surface area contributed by atoms with Gasteiger partial charge in [-0.15, -0.1) is 0 Å². The first kappa shape index (κ1) is 47.4. The Labute approximate surface area is 89.0 Å². The Morgan fingerprint density at radius 2 is 0.600 bits per heavy atom. The topological polar surface area (TPSA) is 0 Å². The summed E-state index contributed by atoms with van der Waals surface area (Å²) in [6.07, 6.45) is 0. The van der Waals surface area contributed by atoms with Gasteiger partial charge in [0.1, 0.15) is 0 Å². The molecule has 0 atom stereocenters. The SMILES string of the molecule is [Br-].[Br-].[Br-].[Li+].[Pd+2]. The van der Waals surface area contributed by atoms with Gasteiger partial charge in [0, 0.05) is 0 Å². The first-order valence-corrected chi connectivity index (χ1v) is 0. The van der Waals surface area contributed by atoms with Crippen LogP contribution >= 0.6 is 0 Å². The molecule has 0 radical (unpaired) electrons. The summed E-state index contributed by atoms with van der Waals surface area (Å²) in [5.41, 5.74) is 0. The molecule has 0 aliphatic carbocycles. The van der Waals surface area contributed by atoms with Gasteiger partial charge in [-0.3, -0.25) is 0 Å². The van der Waals surface area contributed by atoms with Gasteiger partial charge in [-0.2, -0.15) is 0 Å². The van der Waals surface area contributed by atoms with Crippen LogP contribution in [-0.4, -0.2) is 0 Å². The van der Waals surface area contributed by atoms with Crippen LogP contribution in [0.4, 0.5) is 0 Å². The quantitative estimate of drug-likeness (QED) is 0.380. The smallest absolute Gasteiger partial charge is 1.00 e. The monoisotopic (exact) mass is 350 g/mol. The Morgan fingerprint density at radius 1 is 0.600 bits per heavy atom. The third-order valence-corrected chi connectivity index (χ3v) is 0. The van der Waals surface area contributed by atoms with E-state index in [1.54, 1.807) is 0 Å². The van der Waals surface area contributed by atoms with Gasteiger partial charge in [0.25, 0.3) is 0 Å². The van der Waals surface area contributed by atoms with Gasteiger partial charge in [-0.1, -0.05) is 0 Å². The average molecular weight is 353 g/mol. The Hall–Kier alpha value is 2.70. The van der Waals surface area contributed by atoms with Gasteiger partial charge < -0.3 is 50.9 Å². The molecule has 0 bridgehead atoms. The molecule has 0 aliphatic rings. The predicted octanol–water partition coefficient (Wildman–Crippen LogP) is -12.0. The molecular weight excluding hydrogens is 353 g/mol. The molecule has 0 N–H and O–H groups in total. The second-order valence-electron chi connectivity index (χ2n) is 0. The molecule has 0 saturated heterocycles. The van der Waals surface area contributed by atoms with Crippen molar-refractivity contribution in [2.24, 2.45) is 0 Å². The van der Waals surface area contributed by atoms with Gasteiger partial charge in [0.05, 0.1) is 0 Å². The van der Waals surface area contributed by atoms with E-state index in [1.165, 1.54) is 0 Å². The second kappa shape index (κ2) is 29.9. The molecule has 0 aromatic heterocycles. The van der Waals surface area contributed by atoms with Crippen molar-refractivity contribution in [1.29, 1.82) is 0 Å². The zero-order valence-corrected chi connectivity index (χ0v) is 8.76. The fraction of sp³-hybridized carbons (Fsp3) is 0. The van der Waals surface area contributed by atoms with Crippen molar-refractivity contribution in [2.75, 3.05) is 0 Å². The fourth-order valence-electron chi connectivity index (χ4n) is 0. The van der Waals surface area contributed by atoms with Gasteiger partial charge in [-0.05, 0) is 0 Å². The van der Waals surface area contributed by atoms with Crippen LogP contribution in [0.5, 0.6) is 0 Å².